The highest BCUT2D eigenvalue weighted by Gasteiger charge is 2.28. The maximum atomic E-state index is 12.7. The van der Waals surface area contributed by atoms with Crippen LogP contribution in [0.4, 0.5) is 11.6 Å². The number of hydrogen-bond donors (Lipinski definition) is 0. The largest absolute Gasteiger partial charge is 0.355 e. The summed E-state index contributed by atoms with van der Waals surface area (Å²) in [6, 6.07) is 11.7. The lowest BCUT2D eigenvalue weighted by molar-refractivity contribution is 0.383. The molecule has 4 rings (SSSR count). The van der Waals surface area contributed by atoms with Gasteiger partial charge in [0.15, 0.2) is 11.6 Å². The molecule has 0 radical (unpaired) electrons. The fourth-order valence-electron chi connectivity index (χ4n) is 3.78. The standard InChI is InChI=1S/C20H27N5O2S/c1-17-4-6-18(7-5-17)16-28(26,27)25-14-12-24(13-15-25)20-9-8-19(21-22-20)23-10-2-3-11-23/h4-9H,2-3,10-16H2,1H3. The van der Waals surface area contributed by atoms with Crippen LogP contribution < -0.4 is 9.80 Å². The van der Waals surface area contributed by atoms with E-state index in [1.807, 2.05) is 43.3 Å². The molecule has 0 N–H and O–H groups in total. The zero-order chi connectivity index (χ0) is 19.6. The number of anilines is 2. The van der Waals surface area contributed by atoms with Crippen molar-refractivity contribution in [2.75, 3.05) is 49.1 Å². The maximum absolute atomic E-state index is 12.7. The third kappa shape index (κ3) is 4.28. The molecule has 2 aliphatic heterocycles. The van der Waals surface area contributed by atoms with E-state index in [9.17, 15) is 8.42 Å². The number of aryl methyl sites for hydroxylation is 1. The summed E-state index contributed by atoms with van der Waals surface area (Å²) >= 11 is 0. The predicted molar refractivity (Wildman–Crippen MR) is 111 cm³/mol. The van der Waals surface area contributed by atoms with Crippen molar-refractivity contribution < 1.29 is 8.42 Å². The van der Waals surface area contributed by atoms with Gasteiger partial charge in [0.2, 0.25) is 10.0 Å². The first-order valence-electron chi connectivity index (χ1n) is 9.88. The second-order valence-electron chi connectivity index (χ2n) is 7.57. The van der Waals surface area contributed by atoms with Gasteiger partial charge in [-0.05, 0) is 37.5 Å². The van der Waals surface area contributed by atoms with Crippen molar-refractivity contribution >= 4 is 21.7 Å². The van der Waals surface area contributed by atoms with E-state index >= 15 is 0 Å². The molecule has 0 spiro atoms. The lowest BCUT2D eigenvalue weighted by Crippen LogP contribution is -2.49. The molecule has 0 aliphatic carbocycles. The van der Waals surface area contributed by atoms with E-state index in [1.165, 1.54) is 12.8 Å². The Morgan fingerprint density at radius 2 is 1.32 bits per heavy atom. The van der Waals surface area contributed by atoms with Crippen molar-refractivity contribution in [1.82, 2.24) is 14.5 Å². The Balaban J connectivity index is 1.35. The normalized spacial score (nSPS) is 18.6. The Morgan fingerprint density at radius 1 is 0.786 bits per heavy atom. The molecule has 28 heavy (non-hydrogen) atoms. The van der Waals surface area contributed by atoms with E-state index < -0.39 is 10.0 Å². The topological polar surface area (TPSA) is 69.6 Å². The van der Waals surface area contributed by atoms with Crippen LogP contribution in [0.25, 0.3) is 0 Å². The van der Waals surface area contributed by atoms with Crippen molar-refractivity contribution in [2.24, 2.45) is 0 Å². The van der Waals surface area contributed by atoms with E-state index in [4.69, 9.17) is 0 Å². The summed E-state index contributed by atoms with van der Waals surface area (Å²) in [5, 5.41) is 8.75. The van der Waals surface area contributed by atoms with Crippen LogP contribution >= 0.6 is 0 Å². The molecule has 0 unspecified atom stereocenters. The molecule has 0 bridgehead atoms. The van der Waals surface area contributed by atoms with Crippen LogP contribution in [0.5, 0.6) is 0 Å². The van der Waals surface area contributed by atoms with E-state index in [0.29, 0.717) is 26.2 Å². The van der Waals surface area contributed by atoms with E-state index in [-0.39, 0.29) is 5.75 Å². The van der Waals surface area contributed by atoms with Gasteiger partial charge in [0.1, 0.15) is 0 Å². The molecule has 0 atom stereocenters. The number of nitrogens with zero attached hydrogens (tertiary/aromatic N) is 5. The van der Waals surface area contributed by atoms with Crippen molar-refractivity contribution in [2.45, 2.75) is 25.5 Å². The number of piperazine rings is 1. The van der Waals surface area contributed by atoms with Crippen LogP contribution in [0.1, 0.15) is 24.0 Å². The highest BCUT2D eigenvalue weighted by atomic mass is 32.2. The number of aromatic nitrogens is 2. The van der Waals surface area contributed by atoms with E-state index in [0.717, 1.165) is 35.9 Å². The van der Waals surface area contributed by atoms with Gasteiger partial charge < -0.3 is 9.80 Å². The summed E-state index contributed by atoms with van der Waals surface area (Å²) in [6.07, 6.45) is 2.42. The first kappa shape index (κ1) is 19.1. The lowest BCUT2D eigenvalue weighted by Gasteiger charge is -2.34. The van der Waals surface area contributed by atoms with Gasteiger partial charge in [-0.3, -0.25) is 0 Å². The number of hydrogen-bond acceptors (Lipinski definition) is 6. The zero-order valence-corrected chi connectivity index (χ0v) is 17.1. The Bertz CT molecular complexity index is 885. The summed E-state index contributed by atoms with van der Waals surface area (Å²) in [7, 11) is -3.31. The Hall–Kier alpha value is -2.19. The minimum atomic E-state index is -3.31. The maximum Gasteiger partial charge on any atom is 0.218 e. The smallest absolute Gasteiger partial charge is 0.218 e. The van der Waals surface area contributed by atoms with Gasteiger partial charge in [0, 0.05) is 39.3 Å². The summed E-state index contributed by atoms with van der Waals surface area (Å²) in [4.78, 5) is 4.37. The second kappa shape index (κ2) is 8.05. The molecular weight excluding hydrogens is 374 g/mol. The first-order valence-corrected chi connectivity index (χ1v) is 11.5. The van der Waals surface area contributed by atoms with Crippen LogP contribution in [-0.4, -0.2) is 62.2 Å². The number of rotatable bonds is 5. The first-order chi connectivity index (χ1) is 13.5. The molecule has 3 heterocycles. The van der Waals surface area contributed by atoms with Gasteiger partial charge in [-0.2, -0.15) is 4.31 Å². The Morgan fingerprint density at radius 3 is 1.86 bits per heavy atom. The molecule has 0 amide bonds. The third-order valence-electron chi connectivity index (χ3n) is 5.49. The minimum absolute atomic E-state index is 0.0532. The monoisotopic (exact) mass is 401 g/mol. The van der Waals surface area contributed by atoms with Crippen molar-refractivity contribution in [3.8, 4) is 0 Å². The van der Waals surface area contributed by atoms with Gasteiger partial charge in [-0.15, -0.1) is 10.2 Å². The Kier molecular flexibility index (Phi) is 5.50. The van der Waals surface area contributed by atoms with Crippen LogP contribution in [0.2, 0.25) is 0 Å². The van der Waals surface area contributed by atoms with E-state index in [1.54, 1.807) is 4.31 Å². The average molecular weight is 402 g/mol. The predicted octanol–water partition coefficient (Wildman–Crippen LogP) is 2.04. The van der Waals surface area contributed by atoms with Crippen molar-refractivity contribution in [3.63, 3.8) is 0 Å². The van der Waals surface area contributed by atoms with Crippen molar-refractivity contribution in [1.29, 1.82) is 0 Å². The summed E-state index contributed by atoms with van der Waals surface area (Å²) < 4.78 is 27.1. The fourth-order valence-corrected chi connectivity index (χ4v) is 5.30. The Labute approximate surface area is 167 Å². The zero-order valence-electron chi connectivity index (χ0n) is 16.3. The van der Waals surface area contributed by atoms with Crippen LogP contribution in [0.3, 0.4) is 0 Å². The molecule has 2 saturated heterocycles. The van der Waals surface area contributed by atoms with Gasteiger partial charge >= 0.3 is 0 Å². The molecular formula is C20H27N5O2S. The highest BCUT2D eigenvalue weighted by molar-refractivity contribution is 7.88. The highest BCUT2D eigenvalue weighted by Crippen LogP contribution is 2.21. The van der Waals surface area contributed by atoms with E-state index in [2.05, 4.69) is 20.0 Å². The van der Waals surface area contributed by atoms with Crippen LogP contribution in [-0.2, 0) is 15.8 Å². The molecule has 7 nitrogen and oxygen atoms in total. The molecule has 150 valence electrons. The molecule has 1 aromatic heterocycles. The summed E-state index contributed by atoms with van der Waals surface area (Å²) in [6.45, 7) is 6.30. The minimum Gasteiger partial charge on any atom is -0.355 e. The lowest BCUT2D eigenvalue weighted by atomic mass is 10.2. The van der Waals surface area contributed by atoms with Gasteiger partial charge in [-0.25, -0.2) is 8.42 Å². The van der Waals surface area contributed by atoms with Crippen LogP contribution in [0, 0.1) is 6.92 Å². The quantitative estimate of drug-likeness (QED) is 0.764. The molecule has 8 heteroatoms. The average Bonchev–Trinajstić information content (AvgIpc) is 3.25. The van der Waals surface area contributed by atoms with Crippen LogP contribution in [0.15, 0.2) is 36.4 Å². The SMILES string of the molecule is Cc1ccc(CS(=O)(=O)N2CCN(c3ccc(N4CCCC4)nn3)CC2)cc1. The molecule has 2 aliphatic rings. The molecule has 2 fully saturated rings. The third-order valence-corrected chi connectivity index (χ3v) is 7.34. The fraction of sp³-hybridized carbons (Fsp3) is 0.500. The number of benzene rings is 1. The van der Waals surface area contributed by atoms with Gasteiger partial charge in [-0.1, -0.05) is 29.8 Å². The van der Waals surface area contributed by atoms with Gasteiger partial charge in [0.05, 0.1) is 5.75 Å². The number of sulfonamides is 1. The van der Waals surface area contributed by atoms with Gasteiger partial charge in [0.25, 0.3) is 0 Å². The molecule has 1 aromatic carbocycles. The summed E-state index contributed by atoms with van der Waals surface area (Å²) in [5.74, 6) is 1.80. The van der Waals surface area contributed by atoms with Crippen molar-refractivity contribution in [3.05, 3.63) is 47.5 Å². The molecule has 0 saturated carbocycles. The summed E-state index contributed by atoms with van der Waals surface area (Å²) in [5.41, 5.74) is 1.96. The second-order valence-corrected chi connectivity index (χ2v) is 9.54. The molecule has 2 aromatic rings.